The summed E-state index contributed by atoms with van der Waals surface area (Å²) in [6.45, 7) is 4.52. The molecule has 1 atom stereocenters. The Morgan fingerprint density at radius 2 is 1.74 bits per heavy atom. The molecule has 0 N–H and O–H groups in total. The molecule has 0 spiro atoms. The van der Waals surface area contributed by atoms with Gasteiger partial charge >= 0.3 is 0 Å². The van der Waals surface area contributed by atoms with Crippen LogP contribution in [0.2, 0.25) is 5.02 Å². The molecule has 1 unspecified atom stereocenters. The summed E-state index contributed by atoms with van der Waals surface area (Å²) in [7, 11) is 0. The van der Waals surface area contributed by atoms with Gasteiger partial charge in [-0.2, -0.15) is 0 Å². The Hall–Kier alpha value is -1.71. The zero-order chi connectivity index (χ0) is 16.3. The van der Waals surface area contributed by atoms with Crippen molar-refractivity contribution >= 4 is 23.4 Å². The van der Waals surface area contributed by atoms with Gasteiger partial charge in [0.15, 0.2) is 0 Å². The molecule has 1 aromatic heterocycles. The molecule has 2 aromatic carbocycles. The van der Waals surface area contributed by atoms with Gasteiger partial charge in [0.25, 0.3) is 0 Å². The van der Waals surface area contributed by atoms with Gasteiger partial charge in [0.1, 0.15) is 0 Å². The van der Waals surface area contributed by atoms with Gasteiger partial charge in [-0.15, -0.1) is 0 Å². The van der Waals surface area contributed by atoms with E-state index in [0.717, 1.165) is 9.92 Å². The summed E-state index contributed by atoms with van der Waals surface area (Å²) in [5.41, 5.74) is 1.20. The second-order valence-corrected chi connectivity index (χ2v) is 7.53. The minimum atomic E-state index is -0.0915. The second-order valence-electron chi connectivity index (χ2n) is 6.00. The summed E-state index contributed by atoms with van der Waals surface area (Å²) in [6, 6.07) is 18.6. The van der Waals surface area contributed by atoms with Crippen LogP contribution in [0.1, 0.15) is 24.8 Å². The highest BCUT2D eigenvalue weighted by Crippen LogP contribution is 2.47. The number of rotatable bonds is 5. The first-order valence-electron chi connectivity index (χ1n) is 7.53. The first kappa shape index (κ1) is 16.2. The molecule has 0 amide bonds. The van der Waals surface area contributed by atoms with E-state index < -0.39 is 0 Å². The lowest BCUT2D eigenvalue weighted by molar-refractivity contribution is 0.421. The Kier molecular flexibility index (Phi) is 4.79. The van der Waals surface area contributed by atoms with Crippen LogP contribution in [0.3, 0.4) is 0 Å². The van der Waals surface area contributed by atoms with E-state index in [4.69, 9.17) is 11.6 Å². The molecular weight excluding hydrogens is 324 g/mol. The van der Waals surface area contributed by atoms with Gasteiger partial charge in [0, 0.05) is 22.7 Å². The highest BCUT2D eigenvalue weighted by molar-refractivity contribution is 7.99. The largest absolute Gasteiger partial charge is 0.324 e. The van der Waals surface area contributed by atoms with Gasteiger partial charge in [-0.3, -0.25) is 0 Å². The topological polar surface area (TPSA) is 17.8 Å². The predicted molar refractivity (Wildman–Crippen MR) is 98.0 cm³/mol. The number of thioether (sulfide) groups is 1. The van der Waals surface area contributed by atoms with Gasteiger partial charge in [0.05, 0.1) is 16.7 Å². The third-order valence-electron chi connectivity index (χ3n) is 4.01. The highest BCUT2D eigenvalue weighted by Gasteiger charge is 2.33. The highest BCUT2D eigenvalue weighted by atomic mass is 35.5. The van der Waals surface area contributed by atoms with Gasteiger partial charge in [-0.05, 0) is 17.7 Å². The normalized spacial score (nSPS) is 13.0. The predicted octanol–water partition coefficient (Wildman–Crippen LogP) is 5.81. The number of halogens is 1. The smallest absolute Gasteiger partial charge is 0.0956 e. The van der Waals surface area contributed by atoms with Crippen LogP contribution < -0.4 is 0 Å². The molecule has 0 saturated carbocycles. The molecule has 23 heavy (non-hydrogen) atoms. The fraction of sp³-hybridized carbons (Fsp3) is 0.211. The zero-order valence-electron chi connectivity index (χ0n) is 13.2. The fourth-order valence-corrected chi connectivity index (χ4v) is 4.18. The van der Waals surface area contributed by atoms with E-state index in [1.807, 2.05) is 43.0 Å². The van der Waals surface area contributed by atoms with E-state index in [1.165, 1.54) is 5.56 Å². The molecule has 3 aromatic rings. The first-order valence-corrected chi connectivity index (χ1v) is 8.79. The molecule has 2 nitrogen and oxygen atoms in total. The Morgan fingerprint density at radius 1 is 1.04 bits per heavy atom. The van der Waals surface area contributed by atoms with E-state index >= 15 is 0 Å². The van der Waals surface area contributed by atoms with Crippen molar-refractivity contribution < 1.29 is 0 Å². The van der Waals surface area contributed by atoms with Crippen molar-refractivity contribution in [2.75, 3.05) is 0 Å². The fourth-order valence-electron chi connectivity index (χ4n) is 2.66. The number of benzene rings is 2. The molecule has 118 valence electrons. The summed E-state index contributed by atoms with van der Waals surface area (Å²) >= 11 is 8.15. The number of hydrogen-bond acceptors (Lipinski definition) is 2. The van der Waals surface area contributed by atoms with E-state index in [2.05, 4.69) is 53.7 Å². The number of imidazole rings is 1. The minimum absolute atomic E-state index is 0.0915. The van der Waals surface area contributed by atoms with Crippen molar-refractivity contribution in [1.82, 2.24) is 9.55 Å². The summed E-state index contributed by atoms with van der Waals surface area (Å²) in [6.07, 6.45) is 5.71. The van der Waals surface area contributed by atoms with Crippen LogP contribution in [0.25, 0.3) is 0 Å². The molecule has 0 saturated heterocycles. The van der Waals surface area contributed by atoms with E-state index in [-0.39, 0.29) is 10.8 Å². The molecule has 3 rings (SSSR count). The molecule has 0 bridgehead atoms. The van der Waals surface area contributed by atoms with Crippen molar-refractivity contribution in [2.45, 2.75) is 29.5 Å². The molecule has 0 aliphatic heterocycles. The average molecular weight is 343 g/mol. The number of aromatic nitrogens is 2. The van der Waals surface area contributed by atoms with E-state index in [9.17, 15) is 0 Å². The molecule has 0 radical (unpaired) electrons. The second kappa shape index (κ2) is 6.81. The Labute approximate surface area is 146 Å². The summed E-state index contributed by atoms with van der Waals surface area (Å²) < 4.78 is 2.15. The molecule has 0 fully saturated rings. The number of nitrogens with zero attached hydrogens (tertiary/aromatic N) is 2. The lowest BCUT2D eigenvalue weighted by Crippen LogP contribution is -2.28. The standard InChI is InChI=1S/C19H19ClN2S/c1-19(2,15-8-4-3-5-9-15)18(22-13-12-21-14-22)23-17-11-7-6-10-16(17)20/h3-14,18H,1-2H3. The maximum atomic E-state index is 6.38. The van der Waals surface area contributed by atoms with Crippen LogP contribution in [0.15, 0.2) is 78.2 Å². The van der Waals surface area contributed by atoms with Crippen molar-refractivity contribution in [3.63, 3.8) is 0 Å². The Morgan fingerprint density at radius 3 is 2.39 bits per heavy atom. The van der Waals surface area contributed by atoms with Crippen molar-refractivity contribution in [1.29, 1.82) is 0 Å². The van der Waals surface area contributed by atoms with Crippen LogP contribution in [0.4, 0.5) is 0 Å². The van der Waals surface area contributed by atoms with E-state index in [1.54, 1.807) is 11.8 Å². The molecule has 0 aliphatic rings. The lowest BCUT2D eigenvalue weighted by atomic mass is 9.84. The molecule has 1 heterocycles. The molecular formula is C19H19ClN2S. The first-order chi connectivity index (χ1) is 11.1. The maximum Gasteiger partial charge on any atom is 0.0956 e. The number of hydrogen-bond donors (Lipinski definition) is 0. The third-order valence-corrected chi connectivity index (χ3v) is 6.11. The quantitative estimate of drug-likeness (QED) is 0.545. The zero-order valence-corrected chi connectivity index (χ0v) is 14.8. The Balaban J connectivity index is 2.01. The molecule has 0 aliphatic carbocycles. The summed E-state index contributed by atoms with van der Waals surface area (Å²) in [5, 5.41) is 0.929. The van der Waals surface area contributed by atoms with Crippen LogP contribution >= 0.6 is 23.4 Å². The Bertz CT molecular complexity index is 754. The van der Waals surface area contributed by atoms with Gasteiger partial charge in [-0.1, -0.05) is 79.7 Å². The summed E-state index contributed by atoms with van der Waals surface area (Å²) in [4.78, 5) is 5.31. The minimum Gasteiger partial charge on any atom is -0.324 e. The third kappa shape index (κ3) is 3.46. The van der Waals surface area contributed by atoms with Crippen LogP contribution in [0, 0.1) is 0 Å². The summed E-state index contributed by atoms with van der Waals surface area (Å²) in [5.74, 6) is 0. The van der Waals surface area contributed by atoms with Crippen molar-refractivity contribution in [3.8, 4) is 0 Å². The van der Waals surface area contributed by atoms with Crippen LogP contribution in [-0.4, -0.2) is 9.55 Å². The monoisotopic (exact) mass is 342 g/mol. The van der Waals surface area contributed by atoms with Crippen molar-refractivity contribution in [2.24, 2.45) is 0 Å². The lowest BCUT2D eigenvalue weighted by Gasteiger charge is -2.35. The van der Waals surface area contributed by atoms with Gasteiger partial charge in [0.2, 0.25) is 0 Å². The van der Waals surface area contributed by atoms with Gasteiger partial charge < -0.3 is 4.57 Å². The average Bonchev–Trinajstić information content (AvgIpc) is 3.09. The van der Waals surface area contributed by atoms with Gasteiger partial charge in [-0.25, -0.2) is 4.98 Å². The van der Waals surface area contributed by atoms with Crippen LogP contribution in [-0.2, 0) is 5.41 Å². The SMILES string of the molecule is CC(C)(c1ccccc1)C(Sc1ccccc1Cl)n1ccnc1. The molecule has 4 heteroatoms. The van der Waals surface area contributed by atoms with Crippen molar-refractivity contribution in [3.05, 3.63) is 83.9 Å². The van der Waals surface area contributed by atoms with Crippen LogP contribution in [0.5, 0.6) is 0 Å². The van der Waals surface area contributed by atoms with E-state index in [0.29, 0.717) is 0 Å². The maximum absolute atomic E-state index is 6.38.